The first-order valence-corrected chi connectivity index (χ1v) is 9.00. The van der Waals surface area contributed by atoms with Crippen molar-refractivity contribution < 1.29 is 17.2 Å². The molecular weight excluding hydrogens is 332 g/mol. The molecule has 1 aliphatic heterocycles. The van der Waals surface area contributed by atoms with E-state index in [9.17, 15) is 17.2 Å². The molecular formula is C18H17F2NO2S. The normalized spacial score (nSPS) is 18.8. The van der Waals surface area contributed by atoms with E-state index in [0.717, 1.165) is 5.56 Å². The molecule has 6 heteroatoms. The van der Waals surface area contributed by atoms with Crippen molar-refractivity contribution in [3.63, 3.8) is 0 Å². The Bertz CT molecular complexity index is 858. The molecule has 1 heterocycles. The van der Waals surface area contributed by atoms with Gasteiger partial charge in [-0.15, -0.1) is 0 Å². The van der Waals surface area contributed by atoms with Crippen molar-refractivity contribution in [3.8, 4) is 0 Å². The van der Waals surface area contributed by atoms with Crippen LogP contribution in [0.25, 0.3) is 0 Å². The minimum Gasteiger partial charge on any atom is -0.207 e. The second-order valence-corrected chi connectivity index (χ2v) is 7.75. The molecule has 1 unspecified atom stereocenters. The molecule has 0 aliphatic carbocycles. The number of aryl methyl sites for hydroxylation is 1. The topological polar surface area (TPSA) is 37.4 Å². The lowest BCUT2D eigenvalue weighted by molar-refractivity contribution is 0.395. The summed E-state index contributed by atoms with van der Waals surface area (Å²) >= 11 is 0. The third-order valence-electron chi connectivity index (χ3n) is 4.21. The minimum atomic E-state index is -3.85. The number of nitrogens with zero attached hydrogens (tertiary/aromatic N) is 1. The number of hydrogen-bond donors (Lipinski definition) is 0. The second kappa shape index (κ2) is 6.45. The second-order valence-electron chi connectivity index (χ2n) is 5.86. The number of benzene rings is 2. The first kappa shape index (κ1) is 16.8. The van der Waals surface area contributed by atoms with Gasteiger partial charge in [0.1, 0.15) is 0 Å². The van der Waals surface area contributed by atoms with Crippen LogP contribution in [0.5, 0.6) is 0 Å². The number of hydrogen-bond acceptors (Lipinski definition) is 2. The third-order valence-corrected chi connectivity index (χ3v) is 6.08. The largest absolute Gasteiger partial charge is 0.270 e. The molecule has 1 atom stereocenters. The van der Waals surface area contributed by atoms with E-state index >= 15 is 0 Å². The van der Waals surface area contributed by atoms with Gasteiger partial charge in [-0.05, 0) is 31.0 Å². The molecule has 0 saturated carbocycles. The predicted molar refractivity (Wildman–Crippen MR) is 88.1 cm³/mol. The van der Waals surface area contributed by atoms with Gasteiger partial charge in [0.2, 0.25) is 10.0 Å². The molecule has 3 rings (SSSR count). The molecule has 0 N–H and O–H groups in total. The van der Waals surface area contributed by atoms with Crippen molar-refractivity contribution in [3.05, 3.63) is 77.4 Å². The summed E-state index contributed by atoms with van der Waals surface area (Å²) < 4.78 is 53.3. The molecule has 1 fully saturated rings. The summed E-state index contributed by atoms with van der Waals surface area (Å²) in [5, 5.41) is 0. The Morgan fingerprint density at radius 2 is 1.67 bits per heavy atom. The molecule has 0 spiro atoms. The average molecular weight is 349 g/mol. The smallest absolute Gasteiger partial charge is 0.207 e. The Balaban J connectivity index is 2.05. The molecule has 0 amide bonds. The molecule has 1 aliphatic rings. The first-order valence-electron chi connectivity index (χ1n) is 7.56. The molecule has 0 aromatic heterocycles. The fourth-order valence-corrected chi connectivity index (χ4v) is 4.50. The summed E-state index contributed by atoms with van der Waals surface area (Å²) in [6, 6.07) is 14.7. The van der Waals surface area contributed by atoms with E-state index in [1.165, 1.54) is 16.4 Å². The van der Waals surface area contributed by atoms with E-state index in [1.54, 1.807) is 36.4 Å². The quantitative estimate of drug-likeness (QED) is 0.829. The minimum absolute atomic E-state index is 0.0113. The van der Waals surface area contributed by atoms with Gasteiger partial charge in [-0.2, -0.15) is 13.1 Å². The Hall–Kier alpha value is -2.05. The van der Waals surface area contributed by atoms with Gasteiger partial charge in [0, 0.05) is 12.1 Å². The van der Waals surface area contributed by atoms with Crippen LogP contribution in [-0.4, -0.2) is 19.3 Å². The highest BCUT2D eigenvalue weighted by atomic mass is 32.2. The molecule has 1 saturated heterocycles. The van der Waals surface area contributed by atoms with E-state index in [2.05, 4.69) is 0 Å². The summed E-state index contributed by atoms with van der Waals surface area (Å²) in [7, 11) is -3.85. The Morgan fingerprint density at radius 3 is 2.25 bits per heavy atom. The van der Waals surface area contributed by atoms with Crippen LogP contribution in [0.2, 0.25) is 0 Å². The monoisotopic (exact) mass is 349 g/mol. The molecule has 0 bridgehead atoms. The molecule has 2 aromatic carbocycles. The van der Waals surface area contributed by atoms with E-state index in [-0.39, 0.29) is 23.4 Å². The highest BCUT2D eigenvalue weighted by Gasteiger charge is 2.39. The van der Waals surface area contributed by atoms with Gasteiger partial charge in [0.25, 0.3) is 6.08 Å². The average Bonchev–Trinajstić information content (AvgIpc) is 3.02. The summed E-state index contributed by atoms with van der Waals surface area (Å²) in [4.78, 5) is 0.120. The molecule has 126 valence electrons. The van der Waals surface area contributed by atoms with Crippen molar-refractivity contribution in [2.75, 3.05) is 6.54 Å². The SMILES string of the molecule is Cc1ccc(S(=O)(=O)N2CC(=C(F)F)CC2c2ccccc2)cc1. The van der Waals surface area contributed by atoms with Gasteiger partial charge < -0.3 is 0 Å². The summed E-state index contributed by atoms with van der Waals surface area (Å²) in [6.07, 6.45) is -1.78. The van der Waals surface area contributed by atoms with Crippen LogP contribution in [0.15, 0.2) is 71.1 Å². The van der Waals surface area contributed by atoms with E-state index in [0.29, 0.717) is 5.56 Å². The molecule has 0 radical (unpaired) electrons. The van der Waals surface area contributed by atoms with Crippen LogP contribution in [0.1, 0.15) is 23.6 Å². The highest BCUT2D eigenvalue weighted by Crippen LogP contribution is 2.40. The van der Waals surface area contributed by atoms with Gasteiger partial charge in [0.15, 0.2) is 0 Å². The Labute approximate surface area is 140 Å². The lowest BCUT2D eigenvalue weighted by atomic mass is 10.0. The lowest BCUT2D eigenvalue weighted by Gasteiger charge is -2.24. The lowest BCUT2D eigenvalue weighted by Crippen LogP contribution is -2.30. The zero-order valence-electron chi connectivity index (χ0n) is 13.1. The summed E-state index contributed by atoms with van der Waals surface area (Å²) in [6.45, 7) is 1.58. The third kappa shape index (κ3) is 3.12. The fraction of sp³-hybridized carbons (Fsp3) is 0.222. The standard InChI is InChI=1S/C18H17F2NO2S/c1-13-7-9-16(10-8-13)24(22,23)21-12-15(18(19)20)11-17(21)14-5-3-2-4-6-14/h2-10,17H,11-12H2,1H3. The van der Waals surface area contributed by atoms with Crippen LogP contribution in [0.3, 0.4) is 0 Å². The maximum absolute atomic E-state index is 13.1. The molecule has 24 heavy (non-hydrogen) atoms. The Morgan fingerprint density at radius 1 is 1.04 bits per heavy atom. The van der Waals surface area contributed by atoms with Gasteiger partial charge in [-0.1, -0.05) is 48.0 Å². The molecule has 3 nitrogen and oxygen atoms in total. The maximum Gasteiger partial charge on any atom is 0.270 e. The van der Waals surface area contributed by atoms with Crippen LogP contribution >= 0.6 is 0 Å². The zero-order chi connectivity index (χ0) is 17.3. The fourth-order valence-electron chi connectivity index (χ4n) is 2.89. The number of rotatable bonds is 3. The highest BCUT2D eigenvalue weighted by molar-refractivity contribution is 7.89. The zero-order valence-corrected chi connectivity index (χ0v) is 13.9. The predicted octanol–water partition coefficient (Wildman–Crippen LogP) is 4.28. The van der Waals surface area contributed by atoms with E-state index in [1.807, 2.05) is 13.0 Å². The van der Waals surface area contributed by atoms with E-state index in [4.69, 9.17) is 0 Å². The maximum atomic E-state index is 13.1. The van der Waals surface area contributed by atoms with Crippen molar-refractivity contribution in [2.24, 2.45) is 0 Å². The summed E-state index contributed by atoms with van der Waals surface area (Å²) in [5.41, 5.74) is 1.52. The summed E-state index contributed by atoms with van der Waals surface area (Å²) in [5.74, 6) is 0. The Kier molecular flexibility index (Phi) is 4.51. The van der Waals surface area contributed by atoms with Crippen molar-refractivity contribution in [1.29, 1.82) is 0 Å². The molecule has 2 aromatic rings. The number of sulfonamides is 1. The van der Waals surface area contributed by atoms with Crippen LogP contribution < -0.4 is 0 Å². The number of halogens is 2. The first-order chi connectivity index (χ1) is 11.4. The van der Waals surface area contributed by atoms with Gasteiger partial charge in [-0.3, -0.25) is 0 Å². The van der Waals surface area contributed by atoms with Gasteiger partial charge in [0.05, 0.1) is 10.9 Å². The van der Waals surface area contributed by atoms with Crippen molar-refractivity contribution in [2.45, 2.75) is 24.3 Å². The van der Waals surface area contributed by atoms with Crippen LogP contribution in [0.4, 0.5) is 8.78 Å². The van der Waals surface area contributed by atoms with Crippen LogP contribution in [-0.2, 0) is 10.0 Å². The van der Waals surface area contributed by atoms with Gasteiger partial charge in [-0.25, -0.2) is 8.42 Å². The van der Waals surface area contributed by atoms with E-state index < -0.39 is 22.1 Å². The van der Waals surface area contributed by atoms with Gasteiger partial charge >= 0.3 is 0 Å². The van der Waals surface area contributed by atoms with Crippen molar-refractivity contribution >= 4 is 10.0 Å². The van der Waals surface area contributed by atoms with Crippen molar-refractivity contribution in [1.82, 2.24) is 4.31 Å². The van der Waals surface area contributed by atoms with Crippen LogP contribution in [0, 0.1) is 6.92 Å².